The third kappa shape index (κ3) is 4.96. The maximum absolute atomic E-state index is 12.9. The largest absolute Gasteiger partial charge is 0.345 e. The zero-order valence-corrected chi connectivity index (χ0v) is 17.3. The third-order valence-corrected chi connectivity index (χ3v) is 4.81. The summed E-state index contributed by atoms with van der Waals surface area (Å²) in [5, 5.41) is 3.35. The number of carbonyl (C=O) groups excluding carboxylic acids is 2. The molecule has 0 aliphatic heterocycles. The number of hydrogen-bond donors (Lipinski definition) is 1. The molecule has 6 nitrogen and oxygen atoms in total. The monoisotopic (exact) mass is 422 g/mol. The van der Waals surface area contributed by atoms with Gasteiger partial charge in [0.2, 0.25) is 5.91 Å². The lowest BCUT2D eigenvalue weighted by atomic mass is 10.2. The van der Waals surface area contributed by atoms with Crippen molar-refractivity contribution in [2.24, 2.45) is 0 Å². The maximum atomic E-state index is 12.9. The molecular weight excluding hydrogens is 400 g/mol. The highest BCUT2D eigenvalue weighted by Gasteiger charge is 2.18. The summed E-state index contributed by atoms with van der Waals surface area (Å²) < 4.78 is 1.83. The summed E-state index contributed by atoms with van der Waals surface area (Å²) in [7, 11) is 0. The predicted molar refractivity (Wildman–Crippen MR) is 119 cm³/mol. The molecule has 2 amide bonds. The minimum atomic E-state index is -0.262. The smallest absolute Gasteiger partial charge is 0.251 e. The molecule has 1 heterocycles. The Morgan fingerprint density at radius 1 is 1.10 bits per heavy atom. The van der Waals surface area contributed by atoms with Gasteiger partial charge in [-0.25, -0.2) is 4.98 Å². The van der Waals surface area contributed by atoms with E-state index in [1.165, 1.54) is 0 Å². The van der Waals surface area contributed by atoms with Gasteiger partial charge in [0.15, 0.2) is 0 Å². The van der Waals surface area contributed by atoms with Crippen molar-refractivity contribution in [2.75, 3.05) is 13.1 Å². The van der Waals surface area contributed by atoms with Gasteiger partial charge in [0.1, 0.15) is 12.4 Å². The van der Waals surface area contributed by atoms with Crippen LogP contribution in [0.15, 0.2) is 73.8 Å². The van der Waals surface area contributed by atoms with E-state index in [4.69, 9.17) is 11.6 Å². The Hall–Kier alpha value is -3.38. The average Bonchev–Trinajstić information content (AvgIpc) is 3.09. The zero-order valence-electron chi connectivity index (χ0n) is 16.6. The minimum absolute atomic E-state index is 0.0830. The van der Waals surface area contributed by atoms with Crippen LogP contribution in [0, 0.1) is 0 Å². The van der Waals surface area contributed by atoms with Gasteiger partial charge >= 0.3 is 0 Å². The minimum Gasteiger partial charge on any atom is -0.345 e. The number of aromatic nitrogens is 2. The number of hydrogen-bond acceptors (Lipinski definition) is 3. The Kier molecular flexibility index (Phi) is 7.03. The van der Waals surface area contributed by atoms with Crippen molar-refractivity contribution < 1.29 is 9.59 Å². The van der Waals surface area contributed by atoms with E-state index in [0.717, 1.165) is 11.0 Å². The number of halogens is 1. The molecule has 0 aliphatic rings. The normalized spacial score (nSPS) is 10.6. The molecule has 1 N–H and O–H groups in total. The summed E-state index contributed by atoms with van der Waals surface area (Å²) in [6, 6.07) is 14.3. The first kappa shape index (κ1) is 21.3. The summed E-state index contributed by atoms with van der Waals surface area (Å²) in [4.78, 5) is 31.6. The fraction of sp³-hybridized carbons (Fsp3) is 0.174. The number of nitrogens with one attached hydrogen (secondary N) is 1. The topological polar surface area (TPSA) is 67.2 Å². The first-order valence-electron chi connectivity index (χ1n) is 9.51. The number of benzene rings is 2. The molecule has 0 radical (unpaired) electrons. The van der Waals surface area contributed by atoms with Gasteiger partial charge < -0.3 is 14.8 Å². The first-order valence-corrected chi connectivity index (χ1v) is 9.88. The molecule has 3 rings (SSSR count). The van der Waals surface area contributed by atoms with Crippen molar-refractivity contribution in [3.63, 3.8) is 0 Å². The molecule has 1 aromatic heterocycles. The van der Waals surface area contributed by atoms with Gasteiger partial charge in [0.05, 0.1) is 17.6 Å². The van der Waals surface area contributed by atoms with Gasteiger partial charge in [-0.3, -0.25) is 9.59 Å². The SMILES string of the molecule is C=CCN(CC=C)C(=O)Cn1c(CNC(=O)c2cccc(Cl)c2)nc2ccccc21. The van der Waals surface area contributed by atoms with Gasteiger partial charge in [-0.05, 0) is 30.3 Å². The average molecular weight is 423 g/mol. The number of fused-ring (bicyclic) bond motifs is 1. The molecule has 0 atom stereocenters. The number of imidazole rings is 1. The van der Waals surface area contributed by atoms with Crippen LogP contribution in [0.3, 0.4) is 0 Å². The van der Waals surface area contributed by atoms with E-state index >= 15 is 0 Å². The lowest BCUT2D eigenvalue weighted by Crippen LogP contribution is -2.35. The zero-order chi connectivity index (χ0) is 21.5. The molecule has 3 aromatic rings. The van der Waals surface area contributed by atoms with Gasteiger partial charge in [-0.15, -0.1) is 13.2 Å². The maximum Gasteiger partial charge on any atom is 0.251 e. The summed E-state index contributed by atoms with van der Waals surface area (Å²) in [5.41, 5.74) is 2.05. The van der Waals surface area contributed by atoms with Crippen LogP contribution in [-0.2, 0) is 17.9 Å². The molecule has 0 bridgehead atoms. The van der Waals surface area contributed by atoms with Crippen LogP contribution in [0.25, 0.3) is 11.0 Å². The van der Waals surface area contributed by atoms with Crippen LogP contribution in [0.2, 0.25) is 5.02 Å². The number of nitrogens with zero attached hydrogens (tertiary/aromatic N) is 3. The summed E-state index contributed by atoms with van der Waals surface area (Å²) in [6.07, 6.45) is 3.36. The van der Waals surface area contributed by atoms with Crippen LogP contribution >= 0.6 is 11.6 Å². The number of para-hydroxylation sites is 2. The van der Waals surface area contributed by atoms with E-state index in [9.17, 15) is 9.59 Å². The summed E-state index contributed by atoms with van der Waals surface area (Å²) >= 11 is 5.97. The second-order valence-electron chi connectivity index (χ2n) is 6.67. The molecule has 154 valence electrons. The molecule has 0 fully saturated rings. The van der Waals surface area contributed by atoms with Crippen molar-refractivity contribution in [3.8, 4) is 0 Å². The summed E-state index contributed by atoms with van der Waals surface area (Å²) in [6.45, 7) is 8.55. The Bertz CT molecular complexity index is 1080. The fourth-order valence-electron chi connectivity index (χ4n) is 3.15. The molecule has 0 aliphatic carbocycles. The quantitative estimate of drug-likeness (QED) is 0.533. The standard InChI is InChI=1S/C23H23ClN4O2/c1-3-12-27(13-4-2)22(29)16-28-20-11-6-5-10-19(20)26-21(28)15-25-23(30)17-8-7-9-18(24)14-17/h3-11,14H,1-2,12-13,15-16H2,(H,25,30). The van der Waals surface area contributed by atoms with E-state index in [1.807, 2.05) is 28.8 Å². The van der Waals surface area contributed by atoms with Crippen molar-refractivity contribution in [1.29, 1.82) is 0 Å². The Labute approximate surface area is 180 Å². The molecule has 0 saturated carbocycles. The molecule has 30 heavy (non-hydrogen) atoms. The molecular formula is C23H23ClN4O2. The lowest BCUT2D eigenvalue weighted by molar-refractivity contribution is -0.130. The van der Waals surface area contributed by atoms with Gasteiger partial charge in [-0.1, -0.05) is 42.0 Å². The van der Waals surface area contributed by atoms with Crippen LogP contribution in [0.1, 0.15) is 16.2 Å². The lowest BCUT2D eigenvalue weighted by Gasteiger charge is -2.20. The van der Waals surface area contributed by atoms with E-state index in [0.29, 0.717) is 29.5 Å². The van der Waals surface area contributed by atoms with E-state index in [-0.39, 0.29) is 24.9 Å². The second kappa shape index (κ2) is 9.89. The Morgan fingerprint density at radius 2 is 1.83 bits per heavy atom. The van der Waals surface area contributed by atoms with Crippen LogP contribution in [-0.4, -0.2) is 39.4 Å². The fourth-order valence-corrected chi connectivity index (χ4v) is 3.34. The molecule has 0 saturated heterocycles. The predicted octanol–water partition coefficient (Wildman–Crippen LogP) is 3.82. The van der Waals surface area contributed by atoms with Crippen LogP contribution < -0.4 is 5.32 Å². The highest BCUT2D eigenvalue weighted by atomic mass is 35.5. The third-order valence-electron chi connectivity index (χ3n) is 4.57. The first-order chi connectivity index (χ1) is 14.5. The van der Waals surface area contributed by atoms with Crippen LogP contribution in [0.5, 0.6) is 0 Å². The van der Waals surface area contributed by atoms with Gasteiger partial charge in [-0.2, -0.15) is 0 Å². The molecule has 7 heteroatoms. The summed E-state index contributed by atoms with van der Waals surface area (Å²) in [5.74, 6) is 0.250. The van der Waals surface area contributed by atoms with Crippen molar-refractivity contribution >= 4 is 34.4 Å². The van der Waals surface area contributed by atoms with E-state index < -0.39 is 0 Å². The van der Waals surface area contributed by atoms with Crippen molar-refractivity contribution in [2.45, 2.75) is 13.1 Å². The molecule has 2 aromatic carbocycles. The van der Waals surface area contributed by atoms with Crippen molar-refractivity contribution in [1.82, 2.24) is 19.8 Å². The van der Waals surface area contributed by atoms with Gasteiger partial charge in [0.25, 0.3) is 5.91 Å². The molecule has 0 unspecified atom stereocenters. The number of rotatable bonds is 9. The second-order valence-corrected chi connectivity index (χ2v) is 7.11. The van der Waals surface area contributed by atoms with Gasteiger partial charge in [0, 0.05) is 23.7 Å². The Morgan fingerprint density at radius 3 is 2.53 bits per heavy atom. The van der Waals surface area contributed by atoms with Crippen LogP contribution in [0.4, 0.5) is 0 Å². The highest BCUT2D eigenvalue weighted by molar-refractivity contribution is 6.30. The number of carbonyl (C=O) groups is 2. The van der Waals surface area contributed by atoms with Crippen molar-refractivity contribution in [3.05, 3.63) is 90.3 Å². The molecule has 0 spiro atoms. The Balaban J connectivity index is 1.84. The number of amides is 2. The van der Waals surface area contributed by atoms with E-state index in [1.54, 1.807) is 41.3 Å². The van der Waals surface area contributed by atoms with E-state index in [2.05, 4.69) is 23.5 Å². The highest BCUT2D eigenvalue weighted by Crippen LogP contribution is 2.17.